The second-order valence-corrected chi connectivity index (χ2v) is 4.83. The van der Waals surface area contributed by atoms with Gasteiger partial charge >= 0.3 is 0 Å². The molecule has 2 heterocycles. The molecule has 1 amide bonds. The molecule has 3 atom stereocenters. The number of nitrogens with one attached hydrogen (secondary N) is 1. The standard InChI is InChI=1S/C10H18N2O3/c1-10(2-3-11-6-10)9(15)12-4-7(13)8(14)5-12/h7-8,11,13-14H,2-6H2,1H3. The quantitative estimate of drug-likeness (QED) is 0.499. The molecule has 3 N–H and O–H groups in total. The van der Waals surface area contributed by atoms with E-state index in [2.05, 4.69) is 5.32 Å². The monoisotopic (exact) mass is 214 g/mol. The molecule has 0 saturated carbocycles. The van der Waals surface area contributed by atoms with E-state index in [0.29, 0.717) is 6.54 Å². The third kappa shape index (κ3) is 1.87. The van der Waals surface area contributed by atoms with Crippen molar-refractivity contribution in [3.05, 3.63) is 0 Å². The fourth-order valence-corrected chi connectivity index (χ4v) is 2.32. The molecule has 2 saturated heterocycles. The smallest absolute Gasteiger partial charge is 0.230 e. The van der Waals surface area contributed by atoms with Crippen molar-refractivity contribution in [2.45, 2.75) is 25.6 Å². The van der Waals surface area contributed by atoms with E-state index >= 15 is 0 Å². The highest BCUT2D eigenvalue weighted by Crippen LogP contribution is 2.28. The van der Waals surface area contributed by atoms with E-state index in [1.807, 2.05) is 6.92 Å². The van der Waals surface area contributed by atoms with Gasteiger partial charge in [-0.05, 0) is 19.9 Å². The Morgan fingerprint density at radius 2 is 2.00 bits per heavy atom. The normalized spacial score (nSPS) is 41.1. The number of aliphatic hydroxyl groups is 2. The molecule has 0 spiro atoms. The number of nitrogens with zero attached hydrogens (tertiary/aromatic N) is 1. The van der Waals surface area contributed by atoms with Crippen molar-refractivity contribution in [2.75, 3.05) is 26.2 Å². The maximum absolute atomic E-state index is 12.1. The summed E-state index contributed by atoms with van der Waals surface area (Å²) in [4.78, 5) is 13.7. The first-order valence-corrected chi connectivity index (χ1v) is 5.39. The number of amides is 1. The van der Waals surface area contributed by atoms with E-state index in [-0.39, 0.29) is 24.4 Å². The Morgan fingerprint density at radius 1 is 1.40 bits per heavy atom. The molecule has 0 aromatic heterocycles. The summed E-state index contributed by atoms with van der Waals surface area (Å²) in [6, 6.07) is 0. The highest BCUT2D eigenvalue weighted by molar-refractivity contribution is 5.83. The third-order valence-corrected chi connectivity index (χ3v) is 3.43. The zero-order chi connectivity index (χ0) is 11.1. The van der Waals surface area contributed by atoms with Crippen molar-refractivity contribution in [3.63, 3.8) is 0 Å². The maximum atomic E-state index is 12.1. The number of aliphatic hydroxyl groups excluding tert-OH is 2. The van der Waals surface area contributed by atoms with Crippen LogP contribution in [0.4, 0.5) is 0 Å². The van der Waals surface area contributed by atoms with Gasteiger partial charge in [-0.15, -0.1) is 0 Å². The summed E-state index contributed by atoms with van der Waals surface area (Å²) >= 11 is 0. The lowest BCUT2D eigenvalue weighted by Gasteiger charge is -2.27. The van der Waals surface area contributed by atoms with Gasteiger partial charge in [0.15, 0.2) is 0 Å². The van der Waals surface area contributed by atoms with Crippen LogP contribution in [0.5, 0.6) is 0 Å². The Labute approximate surface area is 89.1 Å². The van der Waals surface area contributed by atoms with Crippen molar-refractivity contribution in [1.29, 1.82) is 0 Å². The zero-order valence-electron chi connectivity index (χ0n) is 8.94. The van der Waals surface area contributed by atoms with Crippen molar-refractivity contribution in [1.82, 2.24) is 10.2 Å². The van der Waals surface area contributed by atoms with Crippen LogP contribution in [0, 0.1) is 5.41 Å². The Morgan fingerprint density at radius 3 is 2.47 bits per heavy atom. The molecule has 2 fully saturated rings. The van der Waals surface area contributed by atoms with E-state index in [1.165, 1.54) is 0 Å². The highest BCUT2D eigenvalue weighted by Gasteiger charge is 2.43. The number of β-amino-alcohol motifs (C(OH)–C–C–N with tert-alkyl or cyclic N) is 2. The first kappa shape index (κ1) is 10.9. The first-order valence-electron chi connectivity index (χ1n) is 5.39. The van der Waals surface area contributed by atoms with E-state index in [0.717, 1.165) is 13.0 Å². The van der Waals surface area contributed by atoms with Gasteiger partial charge in [0.05, 0.1) is 17.6 Å². The predicted molar refractivity (Wildman–Crippen MR) is 54.2 cm³/mol. The molecule has 0 aliphatic carbocycles. The number of likely N-dealkylation sites (tertiary alicyclic amines) is 1. The van der Waals surface area contributed by atoms with Gasteiger partial charge in [-0.25, -0.2) is 0 Å². The molecule has 2 rings (SSSR count). The minimum Gasteiger partial charge on any atom is -0.388 e. The maximum Gasteiger partial charge on any atom is 0.230 e. The summed E-state index contributed by atoms with van der Waals surface area (Å²) in [5, 5.41) is 21.9. The molecule has 86 valence electrons. The SMILES string of the molecule is CC1(C(=O)N2CC(O)C(O)C2)CCNC1. The van der Waals surface area contributed by atoms with Crippen LogP contribution in [0.2, 0.25) is 0 Å². The molecule has 2 aliphatic heterocycles. The van der Waals surface area contributed by atoms with Gasteiger partial charge in [0.1, 0.15) is 0 Å². The van der Waals surface area contributed by atoms with Gasteiger partial charge in [0.2, 0.25) is 5.91 Å². The van der Waals surface area contributed by atoms with Crippen LogP contribution >= 0.6 is 0 Å². The van der Waals surface area contributed by atoms with Gasteiger partial charge in [-0.1, -0.05) is 0 Å². The Kier molecular flexibility index (Phi) is 2.70. The number of hydrogen-bond donors (Lipinski definition) is 3. The van der Waals surface area contributed by atoms with E-state index in [1.54, 1.807) is 4.90 Å². The summed E-state index contributed by atoms with van der Waals surface area (Å²) < 4.78 is 0. The zero-order valence-corrected chi connectivity index (χ0v) is 8.94. The number of hydrogen-bond acceptors (Lipinski definition) is 4. The summed E-state index contributed by atoms with van der Waals surface area (Å²) in [5.74, 6) is 0.0445. The first-order chi connectivity index (χ1) is 7.03. The van der Waals surface area contributed by atoms with E-state index < -0.39 is 12.2 Å². The molecule has 0 aromatic rings. The van der Waals surface area contributed by atoms with Gasteiger partial charge < -0.3 is 20.4 Å². The van der Waals surface area contributed by atoms with Crippen molar-refractivity contribution in [2.24, 2.45) is 5.41 Å². The minimum absolute atomic E-state index is 0.0445. The van der Waals surface area contributed by atoms with Gasteiger partial charge in [0, 0.05) is 19.6 Å². The minimum atomic E-state index is -0.785. The molecule has 5 heteroatoms. The van der Waals surface area contributed by atoms with Crippen LogP contribution in [0.3, 0.4) is 0 Å². The van der Waals surface area contributed by atoms with E-state index in [4.69, 9.17) is 0 Å². The Balaban J connectivity index is 2.02. The average Bonchev–Trinajstić information content (AvgIpc) is 2.75. The van der Waals surface area contributed by atoms with Crippen LogP contribution < -0.4 is 5.32 Å². The molecule has 0 radical (unpaired) electrons. The largest absolute Gasteiger partial charge is 0.388 e. The van der Waals surface area contributed by atoms with Gasteiger partial charge in [0.25, 0.3) is 0 Å². The van der Waals surface area contributed by atoms with Crippen LogP contribution in [0.1, 0.15) is 13.3 Å². The molecular weight excluding hydrogens is 196 g/mol. The topological polar surface area (TPSA) is 72.8 Å². The fraction of sp³-hybridized carbons (Fsp3) is 0.900. The summed E-state index contributed by atoms with van der Waals surface area (Å²) in [7, 11) is 0. The summed E-state index contributed by atoms with van der Waals surface area (Å²) in [6.07, 6.45) is -0.743. The second-order valence-electron chi connectivity index (χ2n) is 4.83. The average molecular weight is 214 g/mol. The molecule has 5 nitrogen and oxygen atoms in total. The lowest BCUT2D eigenvalue weighted by Crippen LogP contribution is -2.43. The number of rotatable bonds is 1. The van der Waals surface area contributed by atoms with Crippen LogP contribution in [-0.4, -0.2) is 59.4 Å². The van der Waals surface area contributed by atoms with Gasteiger partial charge in [-0.3, -0.25) is 4.79 Å². The Hall–Kier alpha value is -0.650. The van der Waals surface area contributed by atoms with Crippen LogP contribution in [0.15, 0.2) is 0 Å². The molecular formula is C10H18N2O3. The number of carbonyl (C=O) groups is 1. The highest BCUT2D eigenvalue weighted by atomic mass is 16.3. The van der Waals surface area contributed by atoms with E-state index in [9.17, 15) is 15.0 Å². The second kappa shape index (κ2) is 3.73. The molecule has 15 heavy (non-hydrogen) atoms. The van der Waals surface area contributed by atoms with Crippen molar-refractivity contribution >= 4 is 5.91 Å². The fourth-order valence-electron chi connectivity index (χ4n) is 2.32. The lowest BCUT2D eigenvalue weighted by molar-refractivity contribution is -0.139. The predicted octanol–water partition coefficient (Wildman–Crippen LogP) is -1.45. The van der Waals surface area contributed by atoms with Crippen molar-refractivity contribution < 1.29 is 15.0 Å². The Bertz CT molecular complexity index is 253. The summed E-state index contributed by atoms with van der Waals surface area (Å²) in [6.45, 7) is 4.01. The number of carbonyl (C=O) groups excluding carboxylic acids is 1. The third-order valence-electron chi connectivity index (χ3n) is 3.43. The molecule has 0 bridgehead atoms. The summed E-state index contributed by atoms with van der Waals surface area (Å²) in [5.41, 5.74) is -0.357. The molecule has 3 unspecified atom stereocenters. The lowest BCUT2D eigenvalue weighted by atomic mass is 9.88. The molecule has 2 aliphatic rings. The van der Waals surface area contributed by atoms with Crippen molar-refractivity contribution in [3.8, 4) is 0 Å². The van der Waals surface area contributed by atoms with Gasteiger partial charge in [-0.2, -0.15) is 0 Å². The molecule has 0 aromatic carbocycles. The van der Waals surface area contributed by atoms with Crippen LogP contribution in [0.25, 0.3) is 0 Å². The van der Waals surface area contributed by atoms with Crippen LogP contribution in [-0.2, 0) is 4.79 Å².